The molecule has 1 aliphatic carbocycles. The van der Waals surface area contributed by atoms with E-state index in [9.17, 15) is 9.59 Å². The quantitative estimate of drug-likeness (QED) is 0.521. The molecule has 0 aromatic heterocycles. The Morgan fingerprint density at radius 1 is 0.974 bits per heavy atom. The molecule has 1 saturated heterocycles. The molecular weight excluding hydrogens is 488 g/mol. The Labute approximate surface area is 233 Å². The molecule has 2 aromatic carbocycles. The van der Waals surface area contributed by atoms with Crippen molar-refractivity contribution in [3.63, 3.8) is 0 Å². The summed E-state index contributed by atoms with van der Waals surface area (Å²) in [6.07, 6.45) is 5.92. The molecule has 39 heavy (non-hydrogen) atoms. The Morgan fingerprint density at radius 3 is 2.41 bits per heavy atom. The molecular formula is C32H44N4O3. The third kappa shape index (κ3) is 7.00. The molecule has 0 unspecified atom stereocenters. The van der Waals surface area contributed by atoms with Crippen LogP contribution in [0.25, 0.3) is 0 Å². The molecule has 1 N–H and O–H groups in total. The Morgan fingerprint density at radius 2 is 1.69 bits per heavy atom. The lowest BCUT2D eigenvalue weighted by molar-refractivity contribution is -0.157. The predicted octanol–water partition coefficient (Wildman–Crippen LogP) is 4.77. The van der Waals surface area contributed by atoms with E-state index in [1.807, 2.05) is 43.9 Å². The van der Waals surface area contributed by atoms with Crippen molar-refractivity contribution in [2.75, 3.05) is 37.6 Å². The van der Waals surface area contributed by atoms with Crippen LogP contribution in [0.2, 0.25) is 0 Å². The number of benzene rings is 2. The Balaban J connectivity index is 1.21. The van der Waals surface area contributed by atoms with Crippen molar-refractivity contribution >= 4 is 17.7 Å². The van der Waals surface area contributed by atoms with Gasteiger partial charge in [-0.2, -0.15) is 0 Å². The number of esters is 1. The number of rotatable bonds is 7. The van der Waals surface area contributed by atoms with Gasteiger partial charge in [0, 0.05) is 37.4 Å². The number of amides is 2. The van der Waals surface area contributed by atoms with Crippen molar-refractivity contribution in [1.29, 1.82) is 0 Å². The van der Waals surface area contributed by atoms with E-state index < -0.39 is 5.60 Å². The summed E-state index contributed by atoms with van der Waals surface area (Å²) in [5.41, 5.74) is 4.50. The van der Waals surface area contributed by atoms with Gasteiger partial charge in [-0.15, -0.1) is 0 Å². The molecule has 3 aliphatic rings. The van der Waals surface area contributed by atoms with E-state index in [0.29, 0.717) is 6.04 Å². The first-order valence-electron chi connectivity index (χ1n) is 14.7. The maximum Gasteiger partial charge on any atom is 0.324 e. The van der Waals surface area contributed by atoms with Gasteiger partial charge in [-0.1, -0.05) is 36.4 Å². The summed E-state index contributed by atoms with van der Waals surface area (Å²) in [6.45, 7) is 10.3. The average molecular weight is 533 g/mol. The SMILES string of the molecule is CC(C)(C)OC(=O)CN(Cc1ccccc1)C1CCC(N2CCN(c3ccc4c(c3)CCNCC4)C2=O)CC1. The lowest BCUT2D eigenvalue weighted by Crippen LogP contribution is -2.47. The molecule has 2 heterocycles. The molecule has 0 radical (unpaired) electrons. The van der Waals surface area contributed by atoms with Crippen molar-refractivity contribution < 1.29 is 14.3 Å². The number of carbonyl (C=O) groups is 2. The number of ether oxygens (including phenoxy) is 1. The maximum absolute atomic E-state index is 13.5. The largest absolute Gasteiger partial charge is 0.459 e. The highest BCUT2D eigenvalue weighted by Gasteiger charge is 2.38. The number of urea groups is 1. The molecule has 210 valence electrons. The van der Waals surface area contributed by atoms with Crippen LogP contribution in [0.1, 0.15) is 63.1 Å². The summed E-state index contributed by atoms with van der Waals surface area (Å²) in [7, 11) is 0. The highest BCUT2D eigenvalue weighted by molar-refractivity contribution is 5.94. The number of fused-ring (bicyclic) bond motifs is 1. The van der Waals surface area contributed by atoms with E-state index in [1.165, 1.54) is 16.7 Å². The first-order chi connectivity index (χ1) is 18.8. The van der Waals surface area contributed by atoms with E-state index in [2.05, 4.69) is 45.4 Å². The molecule has 0 spiro atoms. The van der Waals surface area contributed by atoms with Crippen molar-refractivity contribution in [3.05, 3.63) is 65.2 Å². The topological polar surface area (TPSA) is 65.1 Å². The van der Waals surface area contributed by atoms with Gasteiger partial charge in [-0.05, 0) is 101 Å². The zero-order chi connectivity index (χ0) is 27.4. The van der Waals surface area contributed by atoms with Gasteiger partial charge in [-0.25, -0.2) is 4.79 Å². The summed E-state index contributed by atoms with van der Waals surface area (Å²) < 4.78 is 5.67. The summed E-state index contributed by atoms with van der Waals surface area (Å²) in [5, 5.41) is 3.47. The van der Waals surface area contributed by atoms with Crippen molar-refractivity contribution in [2.45, 2.75) is 83.5 Å². The van der Waals surface area contributed by atoms with Crippen LogP contribution >= 0.6 is 0 Å². The highest BCUT2D eigenvalue weighted by Crippen LogP contribution is 2.32. The minimum atomic E-state index is -0.497. The summed E-state index contributed by atoms with van der Waals surface area (Å²) in [4.78, 5) is 32.7. The second kappa shape index (κ2) is 12.1. The standard InChI is InChI=1S/C32H44N4O3/c1-32(2,3)39-30(37)23-34(22-24-7-5-4-6-8-24)27-11-13-28(14-12-27)35-19-20-36(31(35)38)29-10-9-25-15-17-33-18-16-26(25)21-29/h4-10,21,27-28,33H,11-20,22-23H2,1-3H3. The number of hydrogen-bond donors (Lipinski definition) is 1. The molecule has 1 saturated carbocycles. The van der Waals surface area contributed by atoms with Gasteiger partial charge < -0.3 is 15.0 Å². The molecule has 0 atom stereocenters. The summed E-state index contributed by atoms with van der Waals surface area (Å²) in [6, 6.07) is 17.6. The van der Waals surface area contributed by atoms with Gasteiger partial charge in [0.05, 0.1) is 6.54 Å². The van der Waals surface area contributed by atoms with Crippen LogP contribution in [0.4, 0.5) is 10.5 Å². The van der Waals surface area contributed by atoms with E-state index >= 15 is 0 Å². The van der Waals surface area contributed by atoms with Crippen LogP contribution < -0.4 is 10.2 Å². The van der Waals surface area contributed by atoms with E-state index in [-0.39, 0.29) is 24.6 Å². The van der Waals surface area contributed by atoms with Crippen molar-refractivity contribution in [3.8, 4) is 0 Å². The van der Waals surface area contributed by atoms with Crippen LogP contribution in [0.3, 0.4) is 0 Å². The second-order valence-corrected chi connectivity index (χ2v) is 12.3. The lowest BCUT2D eigenvalue weighted by Gasteiger charge is -2.39. The molecule has 5 rings (SSSR count). The number of carbonyl (C=O) groups excluding carboxylic acids is 2. The van der Waals surface area contributed by atoms with Crippen LogP contribution in [0.15, 0.2) is 48.5 Å². The molecule has 7 nitrogen and oxygen atoms in total. The fraction of sp³-hybridized carbons (Fsp3) is 0.562. The van der Waals surface area contributed by atoms with Gasteiger partial charge in [0.1, 0.15) is 5.60 Å². The smallest absolute Gasteiger partial charge is 0.324 e. The van der Waals surface area contributed by atoms with Crippen LogP contribution in [-0.4, -0.2) is 72.2 Å². The Kier molecular flexibility index (Phi) is 8.57. The van der Waals surface area contributed by atoms with E-state index in [0.717, 1.165) is 76.9 Å². The van der Waals surface area contributed by atoms with E-state index in [4.69, 9.17) is 4.74 Å². The zero-order valence-electron chi connectivity index (χ0n) is 23.8. The van der Waals surface area contributed by atoms with Gasteiger partial charge in [0.2, 0.25) is 0 Å². The lowest BCUT2D eigenvalue weighted by atomic mass is 9.89. The zero-order valence-corrected chi connectivity index (χ0v) is 23.8. The first kappa shape index (κ1) is 27.7. The third-order valence-corrected chi connectivity index (χ3v) is 8.29. The van der Waals surface area contributed by atoms with Crippen LogP contribution in [0, 0.1) is 0 Å². The number of nitrogens with zero attached hydrogens (tertiary/aromatic N) is 3. The number of hydrogen-bond acceptors (Lipinski definition) is 5. The Hall–Kier alpha value is -2.90. The first-order valence-corrected chi connectivity index (χ1v) is 14.7. The molecule has 2 fully saturated rings. The summed E-state index contributed by atoms with van der Waals surface area (Å²) >= 11 is 0. The second-order valence-electron chi connectivity index (χ2n) is 12.3. The van der Waals surface area contributed by atoms with Gasteiger partial charge in [-0.3, -0.25) is 14.6 Å². The predicted molar refractivity (Wildman–Crippen MR) is 155 cm³/mol. The van der Waals surface area contributed by atoms with Crippen molar-refractivity contribution in [1.82, 2.24) is 15.1 Å². The van der Waals surface area contributed by atoms with Gasteiger partial charge in [0.25, 0.3) is 0 Å². The highest BCUT2D eigenvalue weighted by atomic mass is 16.6. The van der Waals surface area contributed by atoms with Crippen LogP contribution in [0.5, 0.6) is 0 Å². The summed E-state index contributed by atoms with van der Waals surface area (Å²) in [5.74, 6) is -0.178. The maximum atomic E-state index is 13.5. The number of anilines is 1. The fourth-order valence-corrected chi connectivity index (χ4v) is 6.37. The number of nitrogens with one attached hydrogen (secondary N) is 1. The van der Waals surface area contributed by atoms with Gasteiger partial charge in [0.15, 0.2) is 0 Å². The van der Waals surface area contributed by atoms with Gasteiger partial charge >= 0.3 is 12.0 Å². The minimum absolute atomic E-state index is 0.139. The molecule has 2 amide bonds. The minimum Gasteiger partial charge on any atom is -0.459 e. The monoisotopic (exact) mass is 532 g/mol. The van der Waals surface area contributed by atoms with Crippen LogP contribution in [-0.2, 0) is 28.9 Å². The molecule has 2 aliphatic heterocycles. The van der Waals surface area contributed by atoms with Crippen molar-refractivity contribution in [2.24, 2.45) is 0 Å². The molecule has 2 aromatic rings. The average Bonchev–Trinajstić information content (AvgIpc) is 3.13. The third-order valence-electron chi connectivity index (χ3n) is 8.29. The van der Waals surface area contributed by atoms with E-state index in [1.54, 1.807) is 0 Å². The molecule has 0 bridgehead atoms. The fourth-order valence-electron chi connectivity index (χ4n) is 6.37. The molecule has 7 heteroatoms. The Bertz CT molecular complexity index is 1140. The normalized spacial score (nSPS) is 22.1.